The van der Waals surface area contributed by atoms with Crippen LogP contribution in [-0.4, -0.2) is 49.7 Å². The van der Waals surface area contributed by atoms with E-state index >= 15 is 0 Å². The number of hydrogen-bond donors (Lipinski definition) is 1. The maximum atomic E-state index is 13.1. The van der Waals surface area contributed by atoms with Crippen LogP contribution in [0.4, 0.5) is 11.5 Å². The van der Waals surface area contributed by atoms with Gasteiger partial charge in [0, 0.05) is 24.3 Å². The molecule has 1 saturated heterocycles. The third kappa shape index (κ3) is 4.68. The molecule has 1 aliphatic rings. The van der Waals surface area contributed by atoms with Gasteiger partial charge in [0.15, 0.2) is 5.82 Å². The Morgan fingerprint density at radius 2 is 1.75 bits per heavy atom. The molecule has 32 heavy (non-hydrogen) atoms. The highest BCUT2D eigenvalue weighted by atomic mass is 32.2. The molecule has 9 heteroatoms. The standard InChI is InChI=1S/C23H26N4O4S/c1-3-31-19-9-7-18(8-10-19)24-23-13-11-20(25-26-23)17-6-12-21(30-2)22(16-17)32(28,29)27-14-4-5-15-27/h6-13,16H,3-5,14-15H2,1-2H3,(H,24,26). The highest BCUT2D eigenvalue weighted by Gasteiger charge is 2.30. The minimum atomic E-state index is -3.63. The van der Waals surface area contributed by atoms with Gasteiger partial charge in [0.2, 0.25) is 10.0 Å². The Morgan fingerprint density at radius 1 is 1.00 bits per heavy atom. The van der Waals surface area contributed by atoms with Crippen LogP contribution in [0.3, 0.4) is 0 Å². The first-order valence-electron chi connectivity index (χ1n) is 10.5. The first-order valence-corrected chi connectivity index (χ1v) is 12.0. The molecule has 168 valence electrons. The average molecular weight is 455 g/mol. The third-order valence-electron chi connectivity index (χ3n) is 5.24. The summed E-state index contributed by atoms with van der Waals surface area (Å²) in [5.41, 5.74) is 2.09. The van der Waals surface area contributed by atoms with Crippen molar-refractivity contribution in [2.75, 3.05) is 32.1 Å². The second kappa shape index (κ2) is 9.54. The van der Waals surface area contributed by atoms with Gasteiger partial charge in [-0.2, -0.15) is 4.31 Å². The van der Waals surface area contributed by atoms with Gasteiger partial charge in [-0.05, 0) is 74.4 Å². The first-order chi connectivity index (χ1) is 15.5. The number of ether oxygens (including phenoxy) is 2. The Bertz CT molecular complexity index is 1160. The first kappa shape index (κ1) is 22.0. The van der Waals surface area contributed by atoms with Crippen molar-refractivity contribution in [1.29, 1.82) is 0 Å². The van der Waals surface area contributed by atoms with Gasteiger partial charge in [-0.3, -0.25) is 0 Å². The number of anilines is 2. The van der Waals surface area contributed by atoms with Crippen molar-refractivity contribution in [3.63, 3.8) is 0 Å². The minimum Gasteiger partial charge on any atom is -0.495 e. The zero-order chi connectivity index (χ0) is 22.6. The van der Waals surface area contributed by atoms with Crippen LogP contribution in [0.15, 0.2) is 59.5 Å². The van der Waals surface area contributed by atoms with Crippen LogP contribution in [0, 0.1) is 0 Å². The molecule has 0 amide bonds. The monoisotopic (exact) mass is 454 g/mol. The van der Waals surface area contributed by atoms with E-state index in [0.29, 0.717) is 42.5 Å². The number of sulfonamides is 1. The highest BCUT2D eigenvalue weighted by molar-refractivity contribution is 7.89. The zero-order valence-corrected chi connectivity index (χ0v) is 18.9. The maximum Gasteiger partial charge on any atom is 0.246 e. The molecule has 1 aromatic heterocycles. The third-order valence-corrected chi connectivity index (χ3v) is 7.16. The molecule has 3 aromatic rings. The molecule has 4 rings (SSSR count). The van der Waals surface area contributed by atoms with E-state index in [9.17, 15) is 8.42 Å². The number of rotatable bonds is 8. The van der Waals surface area contributed by atoms with E-state index in [4.69, 9.17) is 9.47 Å². The number of benzene rings is 2. The average Bonchev–Trinajstić information content (AvgIpc) is 3.37. The molecular formula is C23H26N4O4S. The van der Waals surface area contributed by atoms with Crippen LogP contribution >= 0.6 is 0 Å². The lowest BCUT2D eigenvalue weighted by Crippen LogP contribution is -2.28. The number of methoxy groups -OCH3 is 1. The number of hydrogen-bond acceptors (Lipinski definition) is 7. The summed E-state index contributed by atoms with van der Waals surface area (Å²) in [6.07, 6.45) is 1.74. The van der Waals surface area contributed by atoms with E-state index in [1.165, 1.54) is 11.4 Å². The fourth-order valence-electron chi connectivity index (χ4n) is 3.61. The van der Waals surface area contributed by atoms with E-state index in [-0.39, 0.29) is 4.90 Å². The Kier molecular flexibility index (Phi) is 6.57. The summed E-state index contributed by atoms with van der Waals surface area (Å²) in [6.45, 7) is 3.62. The van der Waals surface area contributed by atoms with Crippen molar-refractivity contribution < 1.29 is 17.9 Å². The second-order valence-electron chi connectivity index (χ2n) is 7.36. The largest absolute Gasteiger partial charge is 0.495 e. The van der Waals surface area contributed by atoms with Crippen LogP contribution in [0.25, 0.3) is 11.3 Å². The van der Waals surface area contributed by atoms with Crippen molar-refractivity contribution >= 4 is 21.5 Å². The number of nitrogens with one attached hydrogen (secondary N) is 1. The van der Waals surface area contributed by atoms with E-state index in [1.807, 2.05) is 31.2 Å². The lowest BCUT2D eigenvalue weighted by molar-refractivity contribution is 0.340. The fraction of sp³-hybridized carbons (Fsp3) is 0.304. The Hall–Kier alpha value is -3.17. The predicted octanol–water partition coefficient (Wildman–Crippen LogP) is 4.08. The van der Waals surface area contributed by atoms with Crippen molar-refractivity contribution in [1.82, 2.24) is 14.5 Å². The van der Waals surface area contributed by atoms with Crippen molar-refractivity contribution in [2.24, 2.45) is 0 Å². The zero-order valence-electron chi connectivity index (χ0n) is 18.1. The molecule has 8 nitrogen and oxygen atoms in total. The summed E-state index contributed by atoms with van der Waals surface area (Å²) in [4.78, 5) is 0.151. The van der Waals surface area contributed by atoms with Gasteiger partial charge in [0.1, 0.15) is 16.4 Å². The number of nitrogens with zero attached hydrogens (tertiary/aromatic N) is 3. The molecular weight excluding hydrogens is 428 g/mol. The Morgan fingerprint density at radius 3 is 2.38 bits per heavy atom. The molecule has 0 atom stereocenters. The molecule has 0 unspecified atom stereocenters. The lowest BCUT2D eigenvalue weighted by Gasteiger charge is -2.18. The quantitative estimate of drug-likeness (QED) is 0.548. The summed E-state index contributed by atoms with van der Waals surface area (Å²) in [5.74, 6) is 1.71. The minimum absolute atomic E-state index is 0.151. The predicted molar refractivity (Wildman–Crippen MR) is 123 cm³/mol. The van der Waals surface area contributed by atoms with Crippen LogP contribution in [0.1, 0.15) is 19.8 Å². The molecule has 0 spiro atoms. The van der Waals surface area contributed by atoms with Crippen molar-refractivity contribution in [2.45, 2.75) is 24.7 Å². The molecule has 2 aromatic carbocycles. The van der Waals surface area contributed by atoms with Gasteiger partial charge in [0.05, 0.1) is 19.4 Å². The molecule has 0 bridgehead atoms. The van der Waals surface area contributed by atoms with Crippen LogP contribution in [0.5, 0.6) is 11.5 Å². The fourth-order valence-corrected chi connectivity index (χ4v) is 5.31. The SMILES string of the molecule is CCOc1ccc(Nc2ccc(-c3ccc(OC)c(S(=O)(=O)N4CCCC4)c3)nn2)cc1. The summed E-state index contributed by atoms with van der Waals surface area (Å²) in [5, 5.41) is 11.7. The smallest absolute Gasteiger partial charge is 0.246 e. The van der Waals surface area contributed by atoms with E-state index in [2.05, 4.69) is 15.5 Å². The number of aromatic nitrogens is 2. The van der Waals surface area contributed by atoms with Crippen LogP contribution in [0.2, 0.25) is 0 Å². The van der Waals surface area contributed by atoms with E-state index in [1.54, 1.807) is 30.3 Å². The second-order valence-corrected chi connectivity index (χ2v) is 9.27. The molecule has 0 saturated carbocycles. The Balaban J connectivity index is 1.56. The maximum absolute atomic E-state index is 13.1. The van der Waals surface area contributed by atoms with Crippen molar-refractivity contribution in [3.05, 3.63) is 54.6 Å². The molecule has 0 aliphatic carbocycles. The van der Waals surface area contributed by atoms with Gasteiger partial charge in [-0.1, -0.05) is 0 Å². The van der Waals surface area contributed by atoms with E-state index < -0.39 is 10.0 Å². The molecule has 1 N–H and O–H groups in total. The normalized spacial score (nSPS) is 14.3. The topological polar surface area (TPSA) is 93.6 Å². The lowest BCUT2D eigenvalue weighted by atomic mass is 10.1. The summed E-state index contributed by atoms with van der Waals surface area (Å²) >= 11 is 0. The van der Waals surface area contributed by atoms with Gasteiger partial charge < -0.3 is 14.8 Å². The van der Waals surface area contributed by atoms with Crippen molar-refractivity contribution in [3.8, 4) is 22.8 Å². The molecule has 1 fully saturated rings. The van der Waals surface area contributed by atoms with Gasteiger partial charge in [-0.25, -0.2) is 8.42 Å². The summed E-state index contributed by atoms with van der Waals surface area (Å²) in [6, 6.07) is 16.2. The summed E-state index contributed by atoms with van der Waals surface area (Å²) in [7, 11) is -2.16. The van der Waals surface area contributed by atoms with Gasteiger partial charge >= 0.3 is 0 Å². The molecule has 1 aliphatic heterocycles. The molecule has 2 heterocycles. The van der Waals surface area contributed by atoms with Crippen LogP contribution < -0.4 is 14.8 Å². The Labute approximate surface area is 188 Å². The summed E-state index contributed by atoms with van der Waals surface area (Å²) < 4.78 is 38.5. The highest BCUT2D eigenvalue weighted by Crippen LogP contribution is 2.32. The van der Waals surface area contributed by atoms with Gasteiger partial charge in [-0.15, -0.1) is 10.2 Å². The van der Waals surface area contributed by atoms with Gasteiger partial charge in [0.25, 0.3) is 0 Å². The van der Waals surface area contributed by atoms with E-state index in [0.717, 1.165) is 24.3 Å². The van der Waals surface area contributed by atoms with Crippen LogP contribution in [-0.2, 0) is 10.0 Å². The molecule has 0 radical (unpaired) electrons.